The molecular formula is C29H33N7O. The van der Waals surface area contributed by atoms with Crippen molar-refractivity contribution >= 4 is 35.0 Å². The Hall–Kier alpha value is -3.88. The number of nitrogens with one attached hydrogen (secondary N) is 2. The second kappa shape index (κ2) is 11.5. The summed E-state index contributed by atoms with van der Waals surface area (Å²) in [6, 6.07) is 15.6. The van der Waals surface area contributed by atoms with E-state index in [9.17, 15) is 4.79 Å². The maximum Gasteiger partial charge on any atom is 0.255 e. The summed E-state index contributed by atoms with van der Waals surface area (Å²) in [5, 5.41) is 6.32. The zero-order valence-electron chi connectivity index (χ0n) is 21.4. The minimum absolute atomic E-state index is 0.136. The highest BCUT2D eigenvalue weighted by Crippen LogP contribution is 2.24. The molecule has 0 spiro atoms. The third kappa shape index (κ3) is 6.47. The number of benzene rings is 2. The minimum Gasteiger partial charge on any atom is -0.324 e. The minimum atomic E-state index is -0.136. The number of rotatable bonds is 7. The number of aryl methyl sites for hydroxylation is 1. The molecule has 2 aliphatic rings. The Balaban J connectivity index is 1.23. The van der Waals surface area contributed by atoms with E-state index in [4.69, 9.17) is 0 Å². The van der Waals surface area contributed by atoms with Crippen LogP contribution in [0.2, 0.25) is 0 Å². The van der Waals surface area contributed by atoms with Gasteiger partial charge in [0.05, 0.1) is 5.69 Å². The van der Waals surface area contributed by atoms with E-state index in [1.165, 1.54) is 5.56 Å². The van der Waals surface area contributed by atoms with Crippen LogP contribution in [0.1, 0.15) is 33.6 Å². The van der Waals surface area contributed by atoms with Crippen LogP contribution in [0.15, 0.2) is 65.8 Å². The lowest BCUT2D eigenvalue weighted by molar-refractivity contribution is 0.102. The predicted octanol–water partition coefficient (Wildman–Crippen LogP) is 4.39. The highest BCUT2D eigenvalue weighted by Gasteiger charge is 2.15. The Bertz CT molecular complexity index is 1310. The molecule has 1 amide bonds. The molecule has 190 valence electrons. The average Bonchev–Trinajstić information content (AvgIpc) is 2.93. The number of carbonyl (C=O) groups excluding carboxylic acids is 1. The largest absolute Gasteiger partial charge is 0.324 e. The first-order valence-corrected chi connectivity index (χ1v) is 12.8. The molecule has 2 aliphatic heterocycles. The van der Waals surface area contributed by atoms with Gasteiger partial charge in [0.25, 0.3) is 5.91 Å². The summed E-state index contributed by atoms with van der Waals surface area (Å²) < 4.78 is 0. The Morgan fingerprint density at radius 2 is 1.84 bits per heavy atom. The van der Waals surface area contributed by atoms with Crippen molar-refractivity contribution in [3.63, 3.8) is 0 Å². The van der Waals surface area contributed by atoms with E-state index < -0.39 is 0 Å². The van der Waals surface area contributed by atoms with E-state index in [-0.39, 0.29) is 5.91 Å². The first kappa shape index (κ1) is 24.8. The molecule has 3 heterocycles. The fourth-order valence-corrected chi connectivity index (χ4v) is 4.44. The summed E-state index contributed by atoms with van der Waals surface area (Å²) in [4.78, 5) is 31.1. The lowest BCUT2D eigenvalue weighted by atomic mass is 10.1. The van der Waals surface area contributed by atoms with Gasteiger partial charge in [-0.1, -0.05) is 24.3 Å². The van der Waals surface area contributed by atoms with Gasteiger partial charge >= 0.3 is 0 Å². The van der Waals surface area contributed by atoms with Gasteiger partial charge in [-0.2, -0.15) is 0 Å². The van der Waals surface area contributed by atoms with E-state index in [1.54, 1.807) is 6.20 Å². The summed E-state index contributed by atoms with van der Waals surface area (Å²) in [7, 11) is 2.16. The Morgan fingerprint density at radius 1 is 1.03 bits per heavy atom. The molecule has 1 aromatic heterocycles. The van der Waals surface area contributed by atoms with E-state index in [0.717, 1.165) is 68.2 Å². The van der Waals surface area contributed by atoms with E-state index in [2.05, 4.69) is 48.5 Å². The molecule has 3 aromatic rings. The molecule has 0 saturated carbocycles. The number of allylic oxidation sites excluding steroid dienone is 1. The number of carbonyl (C=O) groups is 1. The number of dihydropyridines is 1. The molecule has 0 radical (unpaired) electrons. The van der Waals surface area contributed by atoms with Gasteiger partial charge in [0, 0.05) is 74.2 Å². The Labute approximate surface area is 218 Å². The monoisotopic (exact) mass is 495 g/mol. The third-order valence-electron chi connectivity index (χ3n) is 6.76. The normalized spacial score (nSPS) is 16.3. The second-order valence-corrected chi connectivity index (χ2v) is 9.63. The van der Waals surface area contributed by atoms with Gasteiger partial charge < -0.3 is 15.5 Å². The number of anilines is 3. The number of piperazine rings is 1. The Kier molecular flexibility index (Phi) is 7.67. The predicted molar refractivity (Wildman–Crippen MR) is 150 cm³/mol. The molecule has 5 rings (SSSR count). The maximum absolute atomic E-state index is 12.9. The molecule has 8 nitrogen and oxygen atoms in total. The van der Waals surface area contributed by atoms with Gasteiger partial charge in [-0.25, -0.2) is 9.97 Å². The van der Waals surface area contributed by atoms with Crippen LogP contribution in [-0.4, -0.2) is 71.7 Å². The van der Waals surface area contributed by atoms with Crippen LogP contribution in [0, 0.1) is 6.92 Å². The van der Waals surface area contributed by atoms with Gasteiger partial charge in [0.1, 0.15) is 0 Å². The van der Waals surface area contributed by atoms with Gasteiger partial charge in [0.15, 0.2) is 0 Å². The van der Waals surface area contributed by atoms with Crippen molar-refractivity contribution in [1.82, 2.24) is 19.8 Å². The number of aromatic nitrogens is 2. The van der Waals surface area contributed by atoms with Crippen molar-refractivity contribution in [1.29, 1.82) is 0 Å². The summed E-state index contributed by atoms with van der Waals surface area (Å²) in [6.45, 7) is 8.08. The molecule has 0 unspecified atom stereocenters. The number of amides is 1. The quantitative estimate of drug-likeness (QED) is 0.506. The fraction of sp³-hybridized carbons (Fsp3) is 0.310. The second-order valence-electron chi connectivity index (χ2n) is 9.63. The third-order valence-corrected chi connectivity index (χ3v) is 6.76. The zero-order chi connectivity index (χ0) is 25.6. The maximum atomic E-state index is 12.9. The smallest absolute Gasteiger partial charge is 0.255 e. The van der Waals surface area contributed by atoms with Crippen molar-refractivity contribution in [3.8, 4) is 0 Å². The average molecular weight is 496 g/mol. The topological polar surface area (TPSA) is 85.8 Å². The van der Waals surface area contributed by atoms with Crippen LogP contribution in [0.25, 0.3) is 5.57 Å². The number of likely N-dealkylation sites (N-methyl/N-ethyl adjacent to an activating group) is 1. The molecule has 0 atom stereocenters. The van der Waals surface area contributed by atoms with Crippen molar-refractivity contribution < 1.29 is 4.79 Å². The van der Waals surface area contributed by atoms with Gasteiger partial charge in [0.2, 0.25) is 5.95 Å². The lowest BCUT2D eigenvalue weighted by Gasteiger charge is -2.32. The van der Waals surface area contributed by atoms with Gasteiger partial charge in [-0.15, -0.1) is 0 Å². The van der Waals surface area contributed by atoms with Gasteiger partial charge in [-0.05, 0) is 61.9 Å². The van der Waals surface area contributed by atoms with Crippen molar-refractivity contribution in [2.75, 3.05) is 50.4 Å². The van der Waals surface area contributed by atoms with Crippen LogP contribution >= 0.6 is 0 Å². The number of aliphatic imine (C=N–C) groups is 1. The van der Waals surface area contributed by atoms with Crippen LogP contribution in [-0.2, 0) is 6.54 Å². The zero-order valence-corrected chi connectivity index (χ0v) is 21.4. The highest BCUT2D eigenvalue weighted by molar-refractivity contribution is 6.09. The molecule has 0 aliphatic carbocycles. The molecule has 0 bridgehead atoms. The van der Waals surface area contributed by atoms with Crippen LogP contribution < -0.4 is 10.6 Å². The number of hydrogen-bond donors (Lipinski definition) is 2. The molecule has 2 N–H and O–H groups in total. The van der Waals surface area contributed by atoms with E-state index in [1.807, 2.05) is 61.7 Å². The molecule has 2 aromatic carbocycles. The lowest BCUT2D eigenvalue weighted by Crippen LogP contribution is -2.43. The Morgan fingerprint density at radius 3 is 2.59 bits per heavy atom. The van der Waals surface area contributed by atoms with Crippen molar-refractivity contribution in [3.05, 3.63) is 83.2 Å². The van der Waals surface area contributed by atoms with Crippen LogP contribution in [0.3, 0.4) is 0 Å². The number of hydrogen-bond acceptors (Lipinski definition) is 7. The van der Waals surface area contributed by atoms with Crippen molar-refractivity contribution in [2.24, 2.45) is 4.99 Å². The van der Waals surface area contributed by atoms with Gasteiger partial charge in [-0.3, -0.25) is 14.7 Å². The number of nitrogens with zero attached hydrogens (tertiary/aromatic N) is 5. The summed E-state index contributed by atoms with van der Waals surface area (Å²) >= 11 is 0. The molecular weight excluding hydrogens is 462 g/mol. The van der Waals surface area contributed by atoms with E-state index >= 15 is 0 Å². The summed E-state index contributed by atoms with van der Waals surface area (Å²) in [6.07, 6.45) is 6.65. The standard InChI is InChI=1S/C29H33N7O/c1-21-5-10-25(18-27(21)34-29-31-13-11-26(33-29)24-4-3-12-30-19-24)32-28(37)23-8-6-22(7-9-23)20-36-16-14-35(2)15-17-36/h4-11,13,18-19H,3,12,14-17,20H2,1-2H3,(H,32,37)(H,31,33,34). The molecule has 1 fully saturated rings. The SMILES string of the molecule is Cc1ccc(NC(=O)c2ccc(CN3CCN(C)CC3)cc2)cc1Nc1nccc(C2=CCCN=C2)n1. The summed E-state index contributed by atoms with van der Waals surface area (Å²) in [5.74, 6) is 0.364. The molecule has 37 heavy (non-hydrogen) atoms. The fourth-order valence-electron chi connectivity index (χ4n) is 4.44. The van der Waals surface area contributed by atoms with Crippen LogP contribution in [0.4, 0.5) is 17.3 Å². The molecule has 8 heteroatoms. The molecule has 1 saturated heterocycles. The van der Waals surface area contributed by atoms with E-state index in [0.29, 0.717) is 17.2 Å². The van der Waals surface area contributed by atoms with Crippen LogP contribution in [0.5, 0.6) is 0 Å². The first-order valence-electron chi connectivity index (χ1n) is 12.8. The highest BCUT2D eigenvalue weighted by atomic mass is 16.1. The first-order chi connectivity index (χ1) is 18.0. The summed E-state index contributed by atoms with van der Waals surface area (Å²) in [5.41, 5.74) is 6.26. The van der Waals surface area contributed by atoms with Crippen molar-refractivity contribution in [2.45, 2.75) is 19.9 Å².